The van der Waals surface area contributed by atoms with Gasteiger partial charge in [0.25, 0.3) is 0 Å². The van der Waals surface area contributed by atoms with Gasteiger partial charge in [0.15, 0.2) is 24.1 Å². The minimum Gasteiger partial charge on any atom is -0.493 e. The molecule has 1 N–H and O–H groups in total. The number of hydrogen-bond acceptors (Lipinski definition) is 5. The number of nitrogens with zero attached hydrogens (tertiary/aromatic N) is 3. The summed E-state index contributed by atoms with van der Waals surface area (Å²) in [5, 5.41) is 3.23. The molecular weight excluding hydrogens is 544 g/mol. The van der Waals surface area contributed by atoms with Crippen molar-refractivity contribution in [3.05, 3.63) is 23.8 Å². The molecule has 1 amide bonds. The van der Waals surface area contributed by atoms with E-state index in [2.05, 4.69) is 15.2 Å². The minimum atomic E-state index is -4.42. The molecule has 32 heavy (non-hydrogen) atoms. The Hall–Kier alpha value is -2.12. The topological polar surface area (TPSA) is 75.6 Å². The molecule has 0 spiro atoms. The largest absolute Gasteiger partial charge is 0.493 e. The van der Waals surface area contributed by atoms with Gasteiger partial charge in [0.05, 0.1) is 20.3 Å². The molecule has 0 unspecified atom stereocenters. The SMILES string of the molecule is CCNC(=NCc1ccc(OCC(F)(F)F)c(OC)c1)N1CCN(C(=O)OCC)CC1.I. The quantitative estimate of drug-likeness (QED) is 0.306. The van der Waals surface area contributed by atoms with E-state index in [0.29, 0.717) is 51.8 Å². The van der Waals surface area contributed by atoms with Gasteiger partial charge in [0, 0.05) is 32.7 Å². The zero-order valence-corrected chi connectivity index (χ0v) is 20.7. The van der Waals surface area contributed by atoms with Crippen molar-refractivity contribution in [3.8, 4) is 11.5 Å². The van der Waals surface area contributed by atoms with E-state index in [1.54, 1.807) is 24.0 Å². The summed E-state index contributed by atoms with van der Waals surface area (Å²) in [6.45, 7) is 5.94. The minimum absolute atomic E-state index is 0. The van der Waals surface area contributed by atoms with Gasteiger partial charge in [-0.3, -0.25) is 0 Å². The first-order valence-corrected chi connectivity index (χ1v) is 10.1. The van der Waals surface area contributed by atoms with Crippen LogP contribution in [-0.4, -0.2) is 81.1 Å². The van der Waals surface area contributed by atoms with Crippen LogP contribution in [0.25, 0.3) is 0 Å². The van der Waals surface area contributed by atoms with Crippen molar-refractivity contribution in [2.24, 2.45) is 4.99 Å². The third-order valence-corrected chi connectivity index (χ3v) is 4.47. The Kier molecular flexibility index (Phi) is 11.7. The van der Waals surface area contributed by atoms with E-state index >= 15 is 0 Å². The number of rotatable bonds is 7. The molecule has 2 rings (SSSR count). The number of amides is 1. The lowest BCUT2D eigenvalue weighted by molar-refractivity contribution is -0.153. The van der Waals surface area contributed by atoms with Crippen LogP contribution in [0.1, 0.15) is 19.4 Å². The number of ether oxygens (including phenoxy) is 3. The summed E-state index contributed by atoms with van der Waals surface area (Å²) in [7, 11) is 1.37. The number of methoxy groups -OCH3 is 1. The van der Waals surface area contributed by atoms with Crippen LogP contribution in [0.2, 0.25) is 0 Å². The molecule has 0 saturated carbocycles. The van der Waals surface area contributed by atoms with Gasteiger partial charge in [-0.25, -0.2) is 9.79 Å². The first-order valence-electron chi connectivity index (χ1n) is 10.1. The lowest BCUT2D eigenvalue weighted by atomic mass is 10.2. The van der Waals surface area contributed by atoms with Crippen molar-refractivity contribution in [1.82, 2.24) is 15.1 Å². The maximum Gasteiger partial charge on any atom is 0.422 e. The van der Waals surface area contributed by atoms with Crippen LogP contribution in [0.15, 0.2) is 23.2 Å². The highest BCUT2D eigenvalue weighted by atomic mass is 127. The lowest BCUT2D eigenvalue weighted by Crippen LogP contribution is -2.53. The number of carbonyl (C=O) groups excluding carboxylic acids is 1. The molecular formula is C20H30F3IN4O4. The summed E-state index contributed by atoms with van der Waals surface area (Å²) in [6, 6.07) is 4.71. The second kappa shape index (κ2) is 13.4. The second-order valence-corrected chi connectivity index (χ2v) is 6.73. The third-order valence-electron chi connectivity index (χ3n) is 4.47. The monoisotopic (exact) mass is 574 g/mol. The highest BCUT2D eigenvalue weighted by Gasteiger charge is 2.29. The summed E-state index contributed by atoms with van der Waals surface area (Å²) in [4.78, 5) is 20.2. The Morgan fingerprint density at radius 1 is 1.12 bits per heavy atom. The normalized spacial score (nSPS) is 14.5. The van der Waals surface area contributed by atoms with Crippen LogP contribution in [-0.2, 0) is 11.3 Å². The number of halogens is 4. The number of piperazine rings is 1. The van der Waals surface area contributed by atoms with Crippen LogP contribution in [0, 0.1) is 0 Å². The molecule has 1 heterocycles. The molecule has 0 bridgehead atoms. The molecule has 1 fully saturated rings. The third kappa shape index (κ3) is 8.79. The molecule has 12 heteroatoms. The van der Waals surface area contributed by atoms with Gasteiger partial charge < -0.3 is 29.3 Å². The number of nitrogens with one attached hydrogen (secondary N) is 1. The smallest absolute Gasteiger partial charge is 0.422 e. The van der Waals surface area contributed by atoms with Crippen molar-refractivity contribution in [3.63, 3.8) is 0 Å². The second-order valence-electron chi connectivity index (χ2n) is 6.73. The molecule has 1 aromatic rings. The fourth-order valence-corrected chi connectivity index (χ4v) is 3.00. The van der Waals surface area contributed by atoms with Crippen LogP contribution in [0.4, 0.5) is 18.0 Å². The predicted octanol–water partition coefficient (Wildman–Crippen LogP) is 3.49. The van der Waals surface area contributed by atoms with Gasteiger partial charge in [-0.1, -0.05) is 6.07 Å². The number of guanidine groups is 1. The highest BCUT2D eigenvalue weighted by molar-refractivity contribution is 14.0. The van der Waals surface area contributed by atoms with Crippen molar-refractivity contribution < 1.29 is 32.2 Å². The maximum absolute atomic E-state index is 12.4. The van der Waals surface area contributed by atoms with E-state index in [4.69, 9.17) is 14.2 Å². The van der Waals surface area contributed by atoms with E-state index in [0.717, 1.165) is 5.56 Å². The average molecular weight is 574 g/mol. The van der Waals surface area contributed by atoms with Crippen molar-refractivity contribution in [2.45, 2.75) is 26.6 Å². The number of benzene rings is 1. The number of aliphatic imine (C=N–C) groups is 1. The standard InChI is InChI=1S/C20H29F3N4O4.HI/c1-4-24-18(26-8-10-27(11-9-26)19(28)30-5-2)25-13-15-6-7-16(17(12-15)29-3)31-14-20(21,22)23;/h6-7,12H,4-5,8-11,13-14H2,1-3H3,(H,24,25);1H. The summed E-state index contributed by atoms with van der Waals surface area (Å²) < 4.78 is 52.2. The van der Waals surface area contributed by atoms with E-state index in [9.17, 15) is 18.0 Å². The van der Waals surface area contributed by atoms with Crippen LogP contribution in [0.3, 0.4) is 0 Å². The van der Waals surface area contributed by atoms with Crippen LogP contribution < -0.4 is 14.8 Å². The van der Waals surface area contributed by atoms with Crippen LogP contribution in [0.5, 0.6) is 11.5 Å². The van der Waals surface area contributed by atoms with Gasteiger partial charge in [-0.15, -0.1) is 24.0 Å². The number of hydrogen-bond donors (Lipinski definition) is 1. The molecule has 0 aliphatic carbocycles. The molecule has 1 aromatic carbocycles. The van der Waals surface area contributed by atoms with Gasteiger partial charge in [0.2, 0.25) is 0 Å². The predicted molar refractivity (Wildman–Crippen MR) is 125 cm³/mol. The fraction of sp³-hybridized carbons (Fsp3) is 0.600. The van der Waals surface area contributed by atoms with E-state index < -0.39 is 12.8 Å². The number of alkyl halides is 3. The first kappa shape index (κ1) is 27.9. The van der Waals surface area contributed by atoms with E-state index in [1.165, 1.54) is 13.2 Å². The summed E-state index contributed by atoms with van der Waals surface area (Å²) >= 11 is 0. The summed E-state index contributed by atoms with van der Waals surface area (Å²) in [6.07, 6.45) is -4.74. The molecule has 182 valence electrons. The highest BCUT2D eigenvalue weighted by Crippen LogP contribution is 2.30. The molecule has 0 atom stereocenters. The van der Waals surface area contributed by atoms with E-state index in [1.807, 2.05) is 6.92 Å². The van der Waals surface area contributed by atoms with Gasteiger partial charge in [0.1, 0.15) is 0 Å². The Morgan fingerprint density at radius 2 is 1.78 bits per heavy atom. The Morgan fingerprint density at radius 3 is 2.34 bits per heavy atom. The lowest BCUT2D eigenvalue weighted by Gasteiger charge is -2.35. The Balaban J connectivity index is 0.00000512. The van der Waals surface area contributed by atoms with Gasteiger partial charge >= 0.3 is 12.3 Å². The zero-order chi connectivity index (χ0) is 22.9. The Bertz CT molecular complexity index is 757. The average Bonchev–Trinajstić information content (AvgIpc) is 2.75. The molecule has 0 radical (unpaired) electrons. The van der Waals surface area contributed by atoms with Gasteiger partial charge in [-0.2, -0.15) is 13.2 Å². The zero-order valence-electron chi connectivity index (χ0n) is 18.4. The van der Waals surface area contributed by atoms with Crippen molar-refractivity contribution in [2.75, 3.05) is 53.0 Å². The summed E-state index contributed by atoms with van der Waals surface area (Å²) in [5.41, 5.74) is 0.761. The van der Waals surface area contributed by atoms with Crippen molar-refractivity contribution >= 4 is 36.0 Å². The molecule has 8 nitrogen and oxygen atoms in total. The maximum atomic E-state index is 12.4. The summed E-state index contributed by atoms with van der Waals surface area (Å²) in [5.74, 6) is 0.932. The number of carbonyl (C=O) groups is 1. The molecule has 1 aliphatic heterocycles. The van der Waals surface area contributed by atoms with Crippen molar-refractivity contribution in [1.29, 1.82) is 0 Å². The molecule has 1 saturated heterocycles. The fourth-order valence-electron chi connectivity index (χ4n) is 3.00. The van der Waals surface area contributed by atoms with E-state index in [-0.39, 0.29) is 41.6 Å². The molecule has 1 aliphatic rings. The van der Waals surface area contributed by atoms with Crippen LogP contribution >= 0.6 is 24.0 Å². The van der Waals surface area contributed by atoms with Gasteiger partial charge in [-0.05, 0) is 31.5 Å². The first-order chi connectivity index (χ1) is 14.8. The Labute approximate surface area is 203 Å². The molecule has 0 aromatic heterocycles.